The zero-order chi connectivity index (χ0) is 34.5. The molecular formula is C38H47N3O6. The smallest absolute Gasteiger partial charge is 0.338 e. The van der Waals surface area contributed by atoms with Gasteiger partial charge in [0.15, 0.2) is 6.10 Å². The SMILES string of the molecule is Cc1cc(CCCC(C(=O)NC(C(=O)NC(C)c2ccccc2)C(C)(C)C)C2OC(C)(C)OC2=O)ccc1-c1cccc(C(N)=O)c1. The number of hydrogen-bond acceptors (Lipinski definition) is 6. The third-order valence-corrected chi connectivity index (χ3v) is 8.49. The average molecular weight is 642 g/mol. The molecule has 9 heteroatoms. The molecule has 0 spiro atoms. The molecule has 3 aromatic rings. The summed E-state index contributed by atoms with van der Waals surface area (Å²) < 4.78 is 11.4. The van der Waals surface area contributed by atoms with Crippen molar-refractivity contribution in [1.29, 1.82) is 0 Å². The van der Waals surface area contributed by atoms with E-state index >= 15 is 0 Å². The molecule has 47 heavy (non-hydrogen) atoms. The van der Waals surface area contributed by atoms with Gasteiger partial charge >= 0.3 is 5.97 Å². The molecule has 0 aliphatic carbocycles. The van der Waals surface area contributed by atoms with Gasteiger partial charge in [-0.3, -0.25) is 14.4 Å². The second kappa shape index (κ2) is 14.5. The van der Waals surface area contributed by atoms with E-state index in [1.807, 2.05) is 89.2 Å². The molecule has 0 aromatic heterocycles. The molecule has 1 fully saturated rings. The molecule has 1 saturated heterocycles. The van der Waals surface area contributed by atoms with E-state index in [9.17, 15) is 19.2 Å². The second-order valence-electron chi connectivity index (χ2n) is 13.9. The molecule has 1 aliphatic heterocycles. The number of esters is 1. The first-order valence-electron chi connectivity index (χ1n) is 16.1. The highest BCUT2D eigenvalue weighted by Crippen LogP contribution is 2.32. The third-order valence-electron chi connectivity index (χ3n) is 8.49. The topological polar surface area (TPSA) is 137 Å². The molecular weight excluding hydrogens is 594 g/mol. The number of carbonyl (C=O) groups is 4. The van der Waals surface area contributed by atoms with Gasteiger partial charge in [-0.25, -0.2) is 4.79 Å². The Morgan fingerprint density at radius 2 is 1.64 bits per heavy atom. The summed E-state index contributed by atoms with van der Waals surface area (Å²) in [4.78, 5) is 52.1. The number of aryl methyl sites for hydroxylation is 2. The molecule has 4 N–H and O–H groups in total. The molecule has 3 amide bonds. The van der Waals surface area contributed by atoms with Crippen LogP contribution in [0.25, 0.3) is 11.1 Å². The van der Waals surface area contributed by atoms with Crippen molar-refractivity contribution in [3.05, 3.63) is 95.1 Å². The van der Waals surface area contributed by atoms with Crippen molar-refractivity contribution in [3.8, 4) is 11.1 Å². The van der Waals surface area contributed by atoms with E-state index in [0.717, 1.165) is 27.8 Å². The van der Waals surface area contributed by atoms with E-state index in [0.29, 0.717) is 24.8 Å². The van der Waals surface area contributed by atoms with E-state index in [2.05, 4.69) is 16.7 Å². The van der Waals surface area contributed by atoms with E-state index in [4.69, 9.17) is 15.2 Å². The van der Waals surface area contributed by atoms with Crippen molar-refractivity contribution in [2.24, 2.45) is 17.1 Å². The predicted octanol–water partition coefficient (Wildman–Crippen LogP) is 5.79. The van der Waals surface area contributed by atoms with Crippen LogP contribution in [0.3, 0.4) is 0 Å². The Kier molecular flexibility index (Phi) is 10.9. The highest BCUT2D eigenvalue weighted by Gasteiger charge is 2.48. The molecule has 0 bridgehead atoms. The van der Waals surface area contributed by atoms with Gasteiger partial charge in [-0.15, -0.1) is 0 Å². The number of ether oxygens (including phenoxy) is 2. The number of nitrogens with two attached hydrogens (primary N) is 1. The van der Waals surface area contributed by atoms with Gasteiger partial charge in [-0.2, -0.15) is 0 Å². The van der Waals surface area contributed by atoms with Crippen LogP contribution in [0.2, 0.25) is 0 Å². The number of nitrogens with one attached hydrogen (secondary N) is 2. The summed E-state index contributed by atoms with van der Waals surface area (Å²) in [6.07, 6.45) is 0.467. The van der Waals surface area contributed by atoms with Crippen LogP contribution in [0.4, 0.5) is 0 Å². The van der Waals surface area contributed by atoms with Crippen LogP contribution in [-0.4, -0.2) is 41.6 Å². The summed E-state index contributed by atoms with van der Waals surface area (Å²) in [5, 5.41) is 6.00. The van der Waals surface area contributed by atoms with Crippen molar-refractivity contribution in [2.45, 2.75) is 91.7 Å². The average Bonchev–Trinajstić information content (AvgIpc) is 3.28. The Hall–Kier alpha value is -4.50. The highest BCUT2D eigenvalue weighted by molar-refractivity contribution is 5.94. The number of carbonyl (C=O) groups excluding carboxylic acids is 4. The second-order valence-corrected chi connectivity index (χ2v) is 13.9. The molecule has 4 rings (SSSR count). The van der Waals surface area contributed by atoms with Gasteiger partial charge < -0.3 is 25.8 Å². The zero-order valence-electron chi connectivity index (χ0n) is 28.4. The summed E-state index contributed by atoms with van der Waals surface area (Å²) in [6.45, 7) is 12.8. The summed E-state index contributed by atoms with van der Waals surface area (Å²) in [5.41, 5.74) is 10.2. The van der Waals surface area contributed by atoms with Crippen LogP contribution in [0.1, 0.15) is 87.5 Å². The largest absolute Gasteiger partial charge is 0.432 e. The fourth-order valence-electron chi connectivity index (χ4n) is 5.96. The van der Waals surface area contributed by atoms with Crippen LogP contribution in [0.5, 0.6) is 0 Å². The van der Waals surface area contributed by atoms with Crippen LogP contribution < -0.4 is 16.4 Å². The first-order chi connectivity index (χ1) is 22.1. The molecule has 0 radical (unpaired) electrons. The summed E-state index contributed by atoms with van der Waals surface area (Å²) in [6, 6.07) is 21.8. The first-order valence-corrected chi connectivity index (χ1v) is 16.1. The lowest BCUT2D eigenvalue weighted by Gasteiger charge is -2.33. The maximum Gasteiger partial charge on any atom is 0.338 e. The normalized spacial score (nSPS) is 17.7. The highest BCUT2D eigenvalue weighted by atomic mass is 16.8. The van der Waals surface area contributed by atoms with Gasteiger partial charge in [0.2, 0.25) is 23.5 Å². The molecule has 0 saturated carbocycles. The van der Waals surface area contributed by atoms with E-state index < -0.39 is 47.0 Å². The number of primary amides is 1. The van der Waals surface area contributed by atoms with E-state index in [1.54, 1.807) is 26.0 Å². The van der Waals surface area contributed by atoms with Gasteiger partial charge in [-0.1, -0.05) is 81.4 Å². The lowest BCUT2D eigenvalue weighted by atomic mass is 9.84. The number of hydrogen-bond donors (Lipinski definition) is 3. The first kappa shape index (κ1) is 35.4. The Bertz CT molecular complexity index is 1610. The molecule has 9 nitrogen and oxygen atoms in total. The minimum atomic E-state index is -1.16. The number of rotatable bonds is 12. The Morgan fingerprint density at radius 1 is 0.936 bits per heavy atom. The van der Waals surface area contributed by atoms with Crippen molar-refractivity contribution in [2.75, 3.05) is 0 Å². The standard InChI is InChI=1S/C38H47N3O6/c1-23-21-25(19-20-29(23)27-16-12-17-28(22-27)33(39)42)13-11-18-30(31-36(45)47-38(6,7)46-31)34(43)41-32(37(3,4)5)35(44)40-24(2)26-14-9-8-10-15-26/h8-10,12,14-17,19-22,24,30-32H,11,13,18H2,1-7H3,(H2,39,42)(H,40,44)(H,41,43). The van der Waals surface area contributed by atoms with Crippen molar-refractivity contribution in [3.63, 3.8) is 0 Å². The van der Waals surface area contributed by atoms with E-state index in [-0.39, 0.29) is 11.9 Å². The van der Waals surface area contributed by atoms with Crippen LogP contribution in [-0.2, 0) is 30.3 Å². The summed E-state index contributed by atoms with van der Waals surface area (Å²) >= 11 is 0. The Balaban J connectivity index is 1.49. The monoisotopic (exact) mass is 641 g/mol. The molecule has 4 atom stereocenters. The lowest BCUT2D eigenvalue weighted by molar-refractivity contribution is -0.162. The minimum Gasteiger partial charge on any atom is -0.432 e. The van der Waals surface area contributed by atoms with Crippen molar-refractivity contribution in [1.82, 2.24) is 10.6 Å². The minimum absolute atomic E-state index is 0.267. The van der Waals surface area contributed by atoms with Gasteiger partial charge in [0, 0.05) is 19.4 Å². The van der Waals surface area contributed by atoms with Gasteiger partial charge in [0.25, 0.3) is 0 Å². The van der Waals surface area contributed by atoms with E-state index in [1.165, 1.54) is 0 Å². The summed E-state index contributed by atoms with van der Waals surface area (Å²) in [5.74, 6) is -3.85. The molecule has 4 unspecified atom stereocenters. The molecule has 1 aliphatic rings. The Morgan fingerprint density at radius 3 is 2.23 bits per heavy atom. The third kappa shape index (κ3) is 9.07. The fraction of sp³-hybridized carbons (Fsp3) is 0.421. The zero-order valence-corrected chi connectivity index (χ0v) is 28.4. The van der Waals surface area contributed by atoms with Crippen molar-refractivity contribution < 1.29 is 28.7 Å². The fourth-order valence-corrected chi connectivity index (χ4v) is 5.96. The number of benzene rings is 3. The van der Waals surface area contributed by atoms with Gasteiger partial charge in [-0.05, 0) is 78.5 Å². The Labute approximate surface area is 277 Å². The number of cyclic esters (lactones) is 1. The summed E-state index contributed by atoms with van der Waals surface area (Å²) in [7, 11) is 0. The molecule has 3 aromatic carbocycles. The van der Waals surface area contributed by atoms with Crippen LogP contribution >= 0.6 is 0 Å². The lowest BCUT2D eigenvalue weighted by Crippen LogP contribution is -2.56. The number of amides is 3. The van der Waals surface area contributed by atoms with Gasteiger partial charge in [0.05, 0.1) is 12.0 Å². The maximum atomic E-state index is 14.0. The molecule has 250 valence electrons. The van der Waals surface area contributed by atoms with Crippen LogP contribution in [0.15, 0.2) is 72.8 Å². The van der Waals surface area contributed by atoms with Crippen molar-refractivity contribution >= 4 is 23.7 Å². The quantitative estimate of drug-likeness (QED) is 0.214. The maximum absolute atomic E-state index is 14.0. The molecule has 1 heterocycles. The predicted molar refractivity (Wildman–Crippen MR) is 181 cm³/mol. The van der Waals surface area contributed by atoms with Gasteiger partial charge in [0.1, 0.15) is 6.04 Å². The van der Waals surface area contributed by atoms with Crippen LogP contribution in [0, 0.1) is 18.3 Å².